The van der Waals surface area contributed by atoms with Crippen LogP contribution in [0.15, 0.2) is 30.6 Å². The summed E-state index contributed by atoms with van der Waals surface area (Å²) in [6.45, 7) is 10.5. The fourth-order valence-electron chi connectivity index (χ4n) is 6.69. The molecule has 9 nitrogen and oxygen atoms in total. The van der Waals surface area contributed by atoms with Gasteiger partial charge in [-0.1, -0.05) is 6.07 Å². The molecule has 15 heteroatoms. The van der Waals surface area contributed by atoms with Gasteiger partial charge in [-0.3, -0.25) is 9.80 Å². The van der Waals surface area contributed by atoms with Crippen LogP contribution in [0.5, 0.6) is 0 Å². The first-order valence-corrected chi connectivity index (χ1v) is 17.5. The molecule has 47 heavy (non-hydrogen) atoms. The number of nitriles is 1. The predicted molar refractivity (Wildman–Crippen MR) is 180 cm³/mol. The number of hydrogen-bond acceptors (Lipinski definition) is 10. The van der Waals surface area contributed by atoms with Crippen molar-refractivity contribution in [1.29, 1.82) is 5.26 Å². The summed E-state index contributed by atoms with van der Waals surface area (Å²) in [5.41, 5.74) is 4.16. The zero-order chi connectivity index (χ0) is 33.1. The van der Waals surface area contributed by atoms with E-state index in [1.807, 2.05) is 6.07 Å². The van der Waals surface area contributed by atoms with Gasteiger partial charge < -0.3 is 9.88 Å². The lowest BCUT2D eigenvalue weighted by molar-refractivity contribution is -0.126. The molecule has 0 radical (unpaired) electrons. The molecule has 1 unspecified atom stereocenters. The number of thiophene rings is 1. The van der Waals surface area contributed by atoms with Crippen LogP contribution in [-0.2, 0) is 19.5 Å². The van der Waals surface area contributed by atoms with Crippen LogP contribution in [-0.4, -0.2) is 93.0 Å². The molecular formula is C32H39F4N9S2. The molecule has 0 saturated carbocycles. The Kier molecular flexibility index (Phi) is 10.5. The lowest BCUT2D eigenvalue weighted by Crippen LogP contribution is -2.49. The van der Waals surface area contributed by atoms with E-state index in [9.17, 15) is 22.8 Å². The Morgan fingerprint density at radius 2 is 1.85 bits per heavy atom. The van der Waals surface area contributed by atoms with E-state index in [0.717, 1.165) is 87.4 Å². The Hall–Kier alpha value is -3.00. The van der Waals surface area contributed by atoms with E-state index in [1.165, 1.54) is 29.6 Å². The predicted octanol–water partition coefficient (Wildman–Crippen LogP) is 6.09. The second-order valence-electron chi connectivity index (χ2n) is 12.4. The molecule has 3 aromatic heterocycles. The Morgan fingerprint density at radius 1 is 1.09 bits per heavy atom. The zero-order valence-corrected chi connectivity index (χ0v) is 28.1. The van der Waals surface area contributed by atoms with Crippen molar-refractivity contribution in [3.8, 4) is 6.07 Å². The molecular weight excluding hydrogens is 651 g/mol. The van der Waals surface area contributed by atoms with Crippen molar-refractivity contribution in [2.75, 3.05) is 51.4 Å². The molecule has 0 bridgehead atoms. The van der Waals surface area contributed by atoms with Gasteiger partial charge in [0.25, 0.3) is 0 Å². The number of likely N-dealkylation sites (tertiary alicyclic amines) is 1. The van der Waals surface area contributed by atoms with Crippen LogP contribution in [0.25, 0.3) is 21.1 Å². The number of benzene rings is 1. The number of hydrogen-bond donors (Lipinski definition) is 2. The fourth-order valence-corrected chi connectivity index (χ4v) is 8.29. The van der Waals surface area contributed by atoms with Gasteiger partial charge in [0.1, 0.15) is 35.5 Å². The summed E-state index contributed by atoms with van der Waals surface area (Å²) in [5.74, 6) is 0.596. The summed E-state index contributed by atoms with van der Waals surface area (Å²) in [5, 5.41) is 15.2. The van der Waals surface area contributed by atoms with Crippen molar-refractivity contribution in [3.05, 3.63) is 52.3 Å². The molecule has 2 saturated heterocycles. The summed E-state index contributed by atoms with van der Waals surface area (Å²) < 4.78 is 58.2. The molecule has 2 fully saturated rings. The molecule has 2 aliphatic rings. The van der Waals surface area contributed by atoms with Gasteiger partial charge in [-0.15, -0.1) is 11.3 Å². The third kappa shape index (κ3) is 8.01. The molecule has 1 atom stereocenters. The average Bonchev–Trinajstić information content (AvgIpc) is 3.63. The minimum atomic E-state index is -4.26. The normalized spacial score (nSPS) is 18.2. The van der Waals surface area contributed by atoms with Gasteiger partial charge in [0, 0.05) is 92.4 Å². The van der Waals surface area contributed by atoms with Gasteiger partial charge in [-0.25, -0.2) is 23.4 Å². The van der Waals surface area contributed by atoms with Gasteiger partial charge in [0.15, 0.2) is 0 Å². The maximum absolute atomic E-state index is 12.9. The van der Waals surface area contributed by atoms with E-state index in [-0.39, 0.29) is 17.0 Å². The van der Waals surface area contributed by atoms with Crippen LogP contribution in [0.4, 0.5) is 23.4 Å². The van der Waals surface area contributed by atoms with Crippen LogP contribution in [0.1, 0.15) is 41.5 Å². The second kappa shape index (κ2) is 14.6. The minimum absolute atomic E-state index is 0.168. The number of aryl methyl sites for hydroxylation is 1. The van der Waals surface area contributed by atoms with Crippen molar-refractivity contribution < 1.29 is 17.6 Å². The minimum Gasteiger partial charge on any atom is -0.367 e. The molecule has 6 rings (SSSR count). The maximum Gasteiger partial charge on any atom is 0.393 e. The van der Waals surface area contributed by atoms with Gasteiger partial charge >= 0.3 is 6.18 Å². The van der Waals surface area contributed by atoms with Crippen molar-refractivity contribution in [1.82, 2.24) is 33.4 Å². The monoisotopic (exact) mass is 689 g/mol. The average molecular weight is 690 g/mol. The fraction of sp³-hybridized carbons (Fsp3) is 0.531. The molecule has 2 aliphatic heterocycles. The number of piperidine rings is 1. The Balaban J connectivity index is 1.07. The van der Waals surface area contributed by atoms with Crippen molar-refractivity contribution in [2.24, 2.45) is 0 Å². The van der Waals surface area contributed by atoms with Crippen LogP contribution in [0.3, 0.4) is 0 Å². The maximum atomic E-state index is 12.9. The summed E-state index contributed by atoms with van der Waals surface area (Å²) >= 11 is 2.40. The first-order valence-electron chi connectivity index (χ1n) is 15.9. The Morgan fingerprint density at radius 3 is 2.55 bits per heavy atom. The molecule has 0 amide bonds. The number of nitrogens with zero attached hydrogens (tertiary/aromatic N) is 7. The van der Waals surface area contributed by atoms with E-state index < -0.39 is 19.4 Å². The summed E-state index contributed by atoms with van der Waals surface area (Å²) in [7, 11) is 0. The van der Waals surface area contributed by atoms with Gasteiger partial charge in [-0.2, -0.15) is 18.4 Å². The third-order valence-electron chi connectivity index (χ3n) is 9.25. The smallest absolute Gasteiger partial charge is 0.367 e. The van der Waals surface area contributed by atoms with E-state index in [2.05, 4.69) is 70.7 Å². The highest BCUT2D eigenvalue weighted by Crippen LogP contribution is 2.33. The molecule has 0 aliphatic carbocycles. The number of nitrogens with one attached hydrogen (secondary N) is 2. The highest BCUT2D eigenvalue weighted by atomic mass is 32.2. The van der Waals surface area contributed by atoms with E-state index in [0.29, 0.717) is 21.7 Å². The number of fused-ring (bicyclic) bond motifs is 2. The SMILES string of the molecule is Cc1c(CN2CCC(Nc3ncnc4sc(CC(F)(F)F)cc34)CC2)ccc2c1cc(C#N)n2CC(C)N1CCN(SNCF)CC1. The van der Waals surface area contributed by atoms with Crippen LogP contribution in [0, 0.1) is 18.3 Å². The molecule has 5 heterocycles. The number of alkyl halides is 4. The van der Waals surface area contributed by atoms with E-state index in [4.69, 9.17) is 0 Å². The van der Waals surface area contributed by atoms with Crippen LogP contribution >= 0.6 is 23.5 Å². The number of rotatable bonds is 11. The van der Waals surface area contributed by atoms with Crippen molar-refractivity contribution >= 4 is 50.4 Å². The first-order chi connectivity index (χ1) is 22.6. The van der Waals surface area contributed by atoms with E-state index >= 15 is 0 Å². The van der Waals surface area contributed by atoms with Gasteiger partial charge in [0.05, 0.1) is 11.8 Å². The van der Waals surface area contributed by atoms with Crippen LogP contribution in [0.2, 0.25) is 0 Å². The molecule has 2 N–H and O–H groups in total. The molecule has 4 aromatic rings. The first kappa shape index (κ1) is 33.9. The third-order valence-corrected chi connectivity index (χ3v) is 11.2. The van der Waals surface area contributed by atoms with Crippen molar-refractivity contribution in [3.63, 3.8) is 0 Å². The molecule has 252 valence electrons. The topological polar surface area (TPSA) is 88.3 Å². The number of halogens is 4. The largest absolute Gasteiger partial charge is 0.393 e. The lowest BCUT2D eigenvalue weighted by atomic mass is 10.0. The Bertz CT molecular complexity index is 1720. The van der Waals surface area contributed by atoms with Crippen molar-refractivity contribution in [2.45, 2.75) is 64.5 Å². The highest BCUT2D eigenvalue weighted by Gasteiger charge is 2.29. The number of anilines is 1. The summed E-state index contributed by atoms with van der Waals surface area (Å²) in [6, 6.07) is 10.7. The zero-order valence-electron chi connectivity index (χ0n) is 26.5. The Labute approximate surface area is 280 Å². The summed E-state index contributed by atoms with van der Waals surface area (Å²) in [6.07, 6.45) is -2.03. The molecule has 1 aromatic carbocycles. The number of piperazine rings is 1. The molecule has 0 spiro atoms. The standard InChI is InChI=1S/C32H39F4N9S2/c1-21(43-9-11-44(12-10-43)47-40-19-33)17-45-25(16-37)13-27-22(2)23(3-4-29(27)45)18-42-7-5-24(6-8-42)41-30-28-14-26(15-32(34,35)36)46-31(28)39-20-38-30/h3-4,13-14,20-21,24,40H,5-12,15,17-19H2,1-2H3,(H,38,39,41). The van der Waals surface area contributed by atoms with E-state index in [1.54, 1.807) is 6.07 Å². The van der Waals surface area contributed by atoms with Crippen LogP contribution < -0.4 is 10.0 Å². The lowest BCUT2D eigenvalue weighted by Gasteiger charge is -2.37. The number of aromatic nitrogens is 3. The second-order valence-corrected chi connectivity index (χ2v) is 14.5. The van der Waals surface area contributed by atoms with Gasteiger partial charge in [-0.05, 0) is 56.0 Å². The summed E-state index contributed by atoms with van der Waals surface area (Å²) in [4.78, 5) is 14.2. The highest BCUT2D eigenvalue weighted by molar-refractivity contribution is 7.95. The van der Waals surface area contributed by atoms with Gasteiger partial charge in [0.2, 0.25) is 0 Å². The quantitative estimate of drug-likeness (QED) is 0.110.